The van der Waals surface area contributed by atoms with Crippen molar-refractivity contribution in [1.29, 1.82) is 5.26 Å². The molecule has 0 radical (unpaired) electrons. The standard InChI is InChI=1S/C33H36N7O/c1-4-9-29(12-8-19-35-32-17-13-27(20-34)22-38-32)40(25(2)36-21-26-10-6-5-7-11-26)30-15-16-31(37-23-30)28-14-18-33(41)39(3)24-28/h5-7,10-11,13-18,22-24,36H,2,4,8-9,12,19,21H2,1,3H3,(H,35,38)/q+1/b40-29-. The molecule has 0 aliphatic carbocycles. The first-order valence-electron chi connectivity index (χ1n) is 13.8. The number of rotatable bonds is 13. The predicted molar refractivity (Wildman–Crippen MR) is 164 cm³/mol. The molecule has 0 spiro atoms. The Bertz CT molecular complexity index is 1580. The first-order chi connectivity index (χ1) is 20.0. The first kappa shape index (κ1) is 29.0. The monoisotopic (exact) mass is 546 g/mol. The van der Waals surface area contributed by atoms with E-state index in [0.717, 1.165) is 60.8 Å². The summed E-state index contributed by atoms with van der Waals surface area (Å²) in [6, 6.07) is 23.3. The Morgan fingerprint density at radius 2 is 1.85 bits per heavy atom. The molecular formula is C33H36N7O+. The number of aryl methyl sites for hydroxylation is 1. The van der Waals surface area contributed by atoms with E-state index in [2.05, 4.69) is 58.0 Å². The van der Waals surface area contributed by atoms with Crippen LogP contribution in [0.5, 0.6) is 0 Å². The van der Waals surface area contributed by atoms with E-state index < -0.39 is 0 Å². The summed E-state index contributed by atoms with van der Waals surface area (Å²) in [4.78, 5) is 20.9. The zero-order chi connectivity index (χ0) is 29.0. The smallest absolute Gasteiger partial charge is 0.272 e. The topological polar surface area (TPSA) is 98.6 Å². The number of nitrogens with one attached hydrogen (secondary N) is 2. The average Bonchev–Trinajstić information content (AvgIpc) is 3.01. The number of hydrogen-bond acceptors (Lipinski definition) is 6. The number of nitrogens with zero attached hydrogens (tertiary/aromatic N) is 5. The van der Waals surface area contributed by atoms with Gasteiger partial charge in [-0.15, -0.1) is 0 Å². The molecule has 0 saturated carbocycles. The molecule has 0 amide bonds. The van der Waals surface area contributed by atoms with Crippen LogP contribution < -0.4 is 16.2 Å². The van der Waals surface area contributed by atoms with E-state index >= 15 is 0 Å². The van der Waals surface area contributed by atoms with Crippen LogP contribution in [0.15, 0.2) is 103 Å². The number of hydrogen-bond donors (Lipinski definition) is 2. The van der Waals surface area contributed by atoms with E-state index in [-0.39, 0.29) is 5.56 Å². The molecule has 8 nitrogen and oxygen atoms in total. The summed E-state index contributed by atoms with van der Waals surface area (Å²) in [5.41, 5.74) is 5.50. The van der Waals surface area contributed by atoms with Crippen LogP contribution in [-0.2, 0) is 13.6 Å². The van der Waals surface area contributed by atoms with Gasteiger partial charge in [-0.25, -0.2) is 9.56 Å². The van der Waals surface area contributed by atoms with Crippen LogP contribution >= 0.6 is 0 Å². The van der Waals surface area contributed by atoms with Gasteiger partial charge >= 0.3 is 0 Å². The van der Waals surface area contributed by atoms with Crippen molar-refractivity contribution in [3.8, 4) is 17.3 Å². The predicted octanol–water partition coefficient (Wildman–Crippen LogP) is 5.75. The highest BCUT2D eigenvalue weighted by molar-refractivity contribution is 5.81. The molecule has 4 rings (SSSR count). The van der Waals surface area contributed by atoms with Gasteiger partial charge in [-0.3, -0.25) is 15.1 Å². The lowest BCUT2D eigenvalue weighted by Gasteiger charge is -2.16. The van der Waals surface area contributed by atoms with E-state index in [1.54, 1.807) is 42.2 Å². The minimum absolute atomic E-state index is 0.0550. The average molecular weight is 547 g/mol. The van der Waals surface area contributed by atoms with E-state index in [1.807, 2.05) is 36.5 Å². The van der Waals surface area contributed by atoms with Crippen LogP contribution in [0.3, 0.4) is 0 Å². The second-order valence-electron chi connectivity index (χ2n) is 9.78. The second kappa shape index (κ2) is 14.4. The fraction of sp³-hybridized carbons (Fsp3) is 0.242. The summed E-state index contributed by atoms with van der Waals surface area (Å²) in [5.74, 6) is 1.54. The molecule has 0 bridgehead atoms. The van der Waals surface area contributed by atoms with Crippen LogP contribution in [0.4, 0.5) is 11.5 Å². The molecule has 4 aromatic rings. The Morgan fingerprint density at radius 1 is 1.02 bits per heavy atom. The molecule has 41 heavy (non-hydrogen) atoms. The third-order valence-corrected chi connectivity index (χ3v) is 6.69. The number of pyridine rings is 3. The number of aromatic nitrogens is 3. The molecule has 1 aromatic carbocycles. The molecular weight excluding hydrogens is 510 g/mol. The highest BCUT2D eigenvalue weighted by Gasteiger charge is 2.19. The van der Waals surface area contributed by atoms with Crippen LogP contribution in [0.1, 0.15) is 43.7 Å². The van der Waals surface area contributed by atoms with Crippen molar-refractivity contribution >= 4 is 17.2 Å². The lowest BCUT2D eigenvalue weighted by atomic mass is 10.1. The lowest BCUT2D eigenvalue weighted by Crippen LogP contribution is -2.26. The fourth-order valence-corrected chi connectivity index (χ4v) is 4.55. The van der Waals surface area contributed by atoms with E-state index in [4.69, 9.17) is 10.2 Å². The Hall–Kier alpha value is -5.03. The molecule has 0 unspecified atom stereocenters. The molecule has 3 aromatic heterocycles. The highest BCUT2D eigenvalue weighted by atomic mass is 16.1. The minimum atomic E-state index is -0.0550. The molecule has 0 fully saturated rings. The van der Waals surface area contributed by atoms with Crippen LogP contribution in [0, 0.1) is 11.3 Å². The molecule has 8 heteroatoms. The normalized spacial score (nSPS) is 11.3. The van der Waals surface area contributed by atoms with Gasteiger partial charge in [0.15, 0.2) is 5.69 Å². The zero-order valence-corrected chi connectivity index (χ0v) is 23.7. The maximum atomic E-state index is 11.8. The third kappa shape index (κ3) is 7.99. The highest BCUT2D eigenvalue weighted by Crippen LogP contribution is 2.22. The van der Waals surface area contributed by atoms with Crippen molar-refractivity contribution in [2.45, 2.75) is 39.2 Å². The summed E-state index contributed by atoms with van der Waals surface area (Å²) in [6.07, 6.45) is 8.88. The summed E-state index contributed by atoms with van der Waals surface area (Å²) in [6.45, 7) is 8.00. The molecule has 0 atom stereocenters. The Morgan fingerprint density at radius 3 is 2.51 bits per heavy atom. The van der Waals surface area contributed by atoms with Gasteiger partial charge in [0.25, 0.3) is 5.82 Å². The Kier molecular flexibility index (Phi) is 10.2. The van der Waals surface area contributed by atoms with Crippen molar-refractivity contribution in [3.63, 3.8) is 0 Å². The van der Waals surface area contributed by atoms with Crippen molar-refractivity contribution in [1.82, 2.24) is 19.9 Å². The Balaban J connectivity index is 1.58. The molecule has 208 valence electrons. The summed E-state index contributed by atoms with van der Waals surface area (Å²) >= 11 is 0. The van der Waals surface area contributed by atoms with Gasteiger partial charge in [-0.05, 0) is 55.3 Å². The van der Waals surface area contributed by atoms with Crippen LogP contribution in [0.2, 0.25) is 0 Å². The zero-order valence-electron chi connectivity index (χ0n) is 23.7. The molecule has 0 aliphatic heterocycles. The van der Waals surface area contributed by atoms with E-state index in [1.165, 1.54) is 11.3 Å². The third-order valence-electron chi connectivity index (χ3n) is 6.69. The van der Waals surface area contributed by atoms with Gasteiger partial charge in [0.05, 0.1) is 23.2 Å². The maximum absolute atomic E-state index is 11.8. The van der Waals surface area contributed by atoms with Crippen molar-refractivity contribution < 1.29 is 4.58 Å². The van der Waals surface area contributed by atoms with Crippen molar-refractivity contribution in [3.05, 3.63) is 119 Å². The van der Waals surface area contributed by atoms with Gasteiger partial charge in [0.1, 0.15) is 18.4 Å². The molecule has 0 saturated heterocycles. The van der Waals surface area contributed by atoms with Crippen molar-refractivity contribution in [2.75, 3.05) is 11.9 Å². The van der Waals surface area contributed by atoms with Gasteiger partial charge in [-0.1, -0.05) is 37.3 Å². The second-order valence-corrected chi connectivity index (χ2v) is 9.78. The van der Waals surface area contributed by atoms with Crippen LogP contribution in [0.25, 0.3) is 11.3 Å². The van der Waals surface area contributed by atoms with E-state index in [9.17, 15) is 4.79 Å². The largest absolute Gasteiger partial charge is 0.370 e. The van der Waals surface area contributed by atoms with Gasteiger partial charge in [0.2, 0.25) is 5.56 Å². The minimum Gasteiger partial charge on any atom is -0.370 e. The summed E-state index contributed by atoms with van der Waals surface area (Å²) in [5, 5.41) is 15.9. The van der Waals surface area contributed by atoms with Gasteiger partial charge in [0, 0.05) is 50.5 Å². The van der Waals surface area contributed by atoms with Crippen LogP contribution in [-0.4, -0.2) is 31.4 Å². The SMILES string of the molecule is C=C(NCc1ccccc1)/[N+](=C(\CCC)CCCNc1ccc(C#N)cn1)c1ccc(-c2ccc(=O)n(C)c2)nc1. The molecule has 0 aliphatic rings. The fourth-order valence-electron chi connectivity index (χ4n) is 4.55. The number of nitriles is 1. The quantitative estimate of drug-likeness (QED) is 0.126. The van der Waals surface area contributed by atoms with Crippen molar-refractivity contribution in [2.24, 2.45) is 7.05 Å². The first-order valence-corrected chi connectivity index (χ1v) is 13.8. The summed E-state index contributed by atoms with van der Waals surface area (Å²) in [7, 11) is 1.74. The summed E-state index contributed by atoms with van der Waals surface area (Å²) < 4.78 is 3.74. The Labute approximate surface area is 241 Å². The maximum Gasteiger partial charge on any atom is 0.272 e. The van der Waals surface area contributed by atoms with E-state index in [0.29, 0.717) is 12.1 Å². The lowest BCUT2D eigenvalue weighted by molar-refractivity contribution is -0.394. The van der Waals surface area contributed by atoms with Gasteiger partial charge < -0.3 is 9.88 Å². The number of benzene rings is 1. The molecule has 3 heterocycles. The number of anilines is 1. The van der Waals surface area contributed by atoms with Gasteiger partial charge in [-0.2, -0.15) is 5.26 Å². The molecule has 2 N–H and O–H groups in total.